The van der Waals surface area contributed by atoms with Gasteiger partial charge in [0.15, 0.2) is 0 Å². The molecule has 0 radical (unpaired) electrons. The molecule has 7 nitrogen and oxygen atoms in total. The van der Waals surface area contributed by atoms with Crippen molar-refractivity contribution in [1.29, 1.82) is 0 Å². The highest BCUT2D eigenvalue weighted by Gasteiger charge is 2.10. The summed E-state index contributed by atoms with van der Waals surface area (Å²) in [4.78, 5) is 31.9. The number of amides is 1. The Bertz CT molecular complexity index is 300. The normalized spacial score (nSPS) is 12.1. The second-order valence-electron chi connectivity index (χ2n) is 2.88. The lowest BCUT2D eigenvalue weighted by molar-refractivity contribution is -0.138. The van der Waals surface area contributed by atoms with Gasteiger partial charge in [0.2, 0.25) is 5.91 Å². The van der Waals surface area contributed by atoms with E-state index in [1.54, 1.807) is 0 Å². The number of nitrogens with two attached hydrogens (primary N) is 1. The van der Waals surface area contributed by atoms with Gasteiger partial charge in [-0.25, -0.2) is 4.79 Å². The number of nitrogens with one attached hydrogen (secondary N) is 1. The number of hydrogen-bond acceptors (Lipinski definition) is 5. The van der Waals surface area contributed by atoms with Crippen molar-refractivity contribution in [2.24, 2.45) is 5.73 Å². The van der Waals surface area contributed by atoms with Crippen LogP contribution in [0.4, 0.5) is 0 Å². The lowest BCUT2D eigenvalue weighted by atomic mass is 10.2. The second kappa shape index (κ2) is 7.41. The summed E-state index contributed by atoms with van der Waals surface area (Å²) in [5.74, 6) is -2.28. The fourth-order valence-corrected chi connectivity index (χ4v) is 0.745. The quantitative estimate of drug-likeness (QED) is 0.383. The van der Waals surface area contributed by atoms with E-state index in [4.69, 9.17) is 10.8 Å². The minimum Gasteiger partial charge on any atom is -0.480 e. The minimum absolute atomic E-state index is 0.118. The van der Waals surface area contributed by atoms with Crippen LogP contribution in [-0.4, -0.2) is 42.6 Å². The third-order valence-corrected chi connectivity index (χ3v) is 1.64. The Balaban J connectivity index is 3.78. The maximum atomic E-state index is 11.0. The van der Waals surface area contributed by atoms with Crippen LogP contribution < -0.4 is 11.1 Å². The van der Waals surface area contributed by atoms with E-state index in [-0.39, 0.29) is 13.0 Å². The summed E-state index contributed by atoms with van der Waals surface area (Å²) in [7, 11) is 1.19. The Labute approximate surface area is 92.3 Å². The molecule has 90 valence electrons. The summed E-state index contributed by atoms with van der Waals surface area (Å²) in [6.45, 7) is 0.123. The number of aliphatic carboxylic acids is 1. The molecule has 16 heavy (non-hydrogen) atoms. The van der Waals surface area contributed by atoms with Crippen molar-refractivity contribution in [1.82, 2.24) is 5.32 Å². The van der Waals surface area contributed by atoms with Crippen molar-refractivity contribution in [2.45, 2.75) is 12.5 Å². The molecule has 0 saturated carbocycles. The number of rotatable bonds is 6. The van der Waals surface area contributed by atoms with Gasteiger partial charge in [-0.2, -0.15) is 0 Å². The molecule has 0 aliphatic carbocycles. The van der Waals surface area contributed by atoms with E-state index in [1.807, 2.05) is 0 Å². The van der Waals surface area contributed by atoms with E-state index < -0.39 is 23.9 Å². The molecule has 0 aromatic rings. The molecule has 0 bridgehead atoms. The SMILES string of the molecule is COC(=O)/C=C/C(=O)NCC[C@H](N)C(=O)O. The molecule has 1 amide bonds. The zero-order valence-corrected chi connectivity index (χ0v) is 8.80. The molecule has 0 heterocycles. The van der Waals surface area contributed by atoms with Crippen LogP contribution in [0.5, 0.6) is 0 Å². The van der Waals surface area contributed by atoms with E-state index >= 15 is 0 Å². The van der Waals surface area contributed by atoms with E-state index in [0.717, 1.165) is 12.2 Å². The van der Waals surface area contributed by atoms with Gasteiger partial charge < -0.3 is 20.9 Å². The standard InChI is InChI=1S/C9H14N2O5/c1-16-8(13)3-2-7(12)11-5-4-6(10)9(14)15/h2-3,6H,4-5,10H2,1H3,(H,11,12)(H,14,15)/b3-2+/t6-/m0/s1. The summed E-state index contributed by atoms with van der Waals surface area (Å²) in [6.07, 6.45) is 2.08. The Morgan fingerprint density at radius 2 is 2.06 bits per heavy atom. The molecule has 0 aliphatic heterocycles. The molecule has 0 aromatic heterocycles. The summed E-state index contributed by atoms with van der Waals surface area (Å²) in [5, 5.41) is 10.8. The first-order valence-electron chi connectivity index (χ1n) is 4.49. The van der Waals surface area contributed by atoms with E-state index in [0.29, 0.717) is 0 Å². The van der Waals surface area contributed by atoms with Gasteiger partial charge in [-0.15, -0.1) is 0 Å². The molecule has 0 aromatic carbocycles. The maximum Gasteiger partial charge on any atom is 0.330 e. The summed E-state index contributed by atoms with van der Waals surface area (Å²) < 4.78 is 4.27. The highest BCUT2D eigenvalue weighted by molar-refractivity contribution is 5.94. The summed E-state index contributed by atoms with van der Waals surface area (Å²) in [5.41, 5.74) is 5.20. The van der Waals surface area contributed by atoms with Crippen molar-refractivity contribution < 1.29 is 24.2 Å². The zero-order chi connectivity index (χ0) is 12.6. The smallest absolute Gasteiger partial charge is 0.330 e. The third kappa shape index (κ3) is 6.55. The van der Waals surface area contributed by atoms with Crippen LogP contribution in [0.2, 0.25) is 0 Å². The van der Waals surface area contributed by atoms with Crippen LogP contribution in [-0.2, 0) is 19.1 Å². The Morgan fingerprint density at radius 3 is 2.56 bits per heavy atom. The lowest BCUT2D eigenvalue weighted by Crippen LogP contribution is -2.35. The number of hydrogen-bond donors (Lipinski definition) is 3. The number of carbonyl (C=O) groups excluding carboxylic acids is 2. The van der Waals surface area contributed by atoms with E-state index in [1.165, 1.54) is 7.11 Å². The molecule has 0 saturated heterocycles. The minimum atomic E-state index is -1.13. The predicted molar refractivity (Wildman–Crippen MR) is 54.4 cm³/mol. The number of methoxy groups -OCH3 is 1. The van der Waals surface area contributed by atoms with Crippen molar-refractivity contribution >= 4 is 17.8 Å². The number of carbonyl (C=O) groups is 3. The maximum absolute atomic E-state index is 11.0. The lowest BCUT2D eigenvalue weighted by Gasteiger charge is -2.05. The summed E-state index contributed by atoms with van der Waals surface area (Å²) >= 11 is 0. The highest BCUT2D eigenvalue weighted by atomic mass is 16.5. The number of esters is 1. The van der Waals surface area contributed by atoms with Gasteiger partial charge in [-0.3, -0.25) is 9.59 Å². The fourth-order valence-electron chi connectivity index (χ4n) is 0.745. The average Bonchev–Trinajstić information content (AvgIpc) is 2.25. The van der Waals surface area contributed by atoms with Crippen LogP contribution in [0.25, 0.3) is 0 Å². The second-order valence-corrected chi connectivity index (χ2v) is 2.88. The van der Waals surface area contributed by atoms with Crippen LogP contribution in [0.3, 0.4) is 0 Å². The van der Waals surface area contributed by atoms with Crippen molar-refractivity contribution in [3.05, 3.63) is 12.2 Å². The van der Waals surface area contributed by atoms with Gasteiger partial charge in [0.05, 0.1) is 7.11 Å². The highest BCUT2D eigenvalue weighted by Crippen LogP contribution is 1.86. The first-order valence-corrected chi connectivity index (χ1v) is 4.49. The molecular formula is C9H14N2O5. The first kappa shape index (κ1) is 14.1. The topological polar surface area (TPSA) is 119 Å². The number of carboxylic acids is 1. The Hall–Kier alpha value is -1.89. The largest absolute Gasteiger partial charge is 0.480 e. The van der Waals surface area contributed by atoms with Crippen LogP contribution >= 0.6 is 0 Å². The van der Waals surface area contributed by atoms with Crippen molar-refractivity contribution in [3.8, 4) is 0 Å². The molecule has 0 unspecified atom stereocenters. The molecule has 4 N–H and O–H groups in total. The van der Waals surface area contributed by atoms with Gasteiger partial charge >= 0.3 is 11.9 Å². The van der Waals surface area contributed by atoms with Gasteiger partial charge in [0.25, 0.3) is 0 Å². The molecule has 0 aliphatic rings. The van der Waals surface area contributed by atoms with Crippen LogP contribution in [0.1, 0.15) is 6.42 Å². The number of ether oxygens (including phenoxy) is 1. The summed E-state index contributed by atoms with van der Waals surface area (Å²) in [6, 6.07) is -1.01. The van der Waals surface area contributed by atoms with Crippen molar-refractivity contribution in [3.63, 3.8) is 0 Å². The molecular weight excluding hydrogens is 216 g/mol. The van der Waals surface area contributed by atoms with Crippen molar-refractivity contribution in [2.75, 3.05) is 13.7 Å². The molecule has 0 spiro atoms. The molecule has 0 rings (SSSR count). The third-order valence-electron chi connectivity index (χ3n) is 1.64. The van der Waals surface area contributed by atoms with Gasteiger partial charge in [0, 0.05) is 18.7 Å². The van der Waals surface area contributed by atoms with Gasteiger partial charge in [-0.05, 0) is 6.42 Å². The van der Waals surface area contributed by atoms with Gasteiger partial charge in [0.1, 0.15) is 6.04 Å². The zero-order valence-electron chi connectivity index (χ0n) is 8.80. The number of carboxylic acid groups (broad SMARTS) is 1. The predicted octanol–water partition coefficient (Wildman–Crippen LogP) is -1.37. The van der Waals surface area contributed by atoms with Crippen LogP contribution in [0.15, 0.2) is 12.2 Å². The Kier molecular flexibility index (Phi) is 6.53. The van der Waals surface area contributed by atoms with Gasteiger partial charge in [-0.1, -0.05) is 0 Å². The molecule has 1 atom stereocenters. The first-order chi connectivity index (χ1) is 7.47. The molecule has 7 heteroatoms. The van der Waals surface area contributed by atoms with E-state index in [9.17, 15) is 14.4 Å². The fraction of sp³-hybridized carbons (Fsp3) is 0.444. The average molecular weight is 230 g/mol. The van der Waals surface area contributed by atoms with Crippen LogP contribution in [0, 0.1) is 0 Å². The Morgan fingerprint density at radius 1 is 1.44 bits per heavy atom. The van der Waals surface area contributed by atoms with E-state index in [2.05, 4.69) is 10.1 Å². The molecule has 0 fully saturated rings. The monoisotopic (exact) mass is 230 g/mol.